The minimum absolute atomic E-state index is 0.141. The first-order valence-corrected chi connectivity index (χ1v) is 9.82. The van der Waals surface area contributed by atoms with Crippen molar-refractivity contribution < 1.29 is 17.9 Å². The van der Waals surface area contributed by atoms with E-state index in [4.69, 9.17) is 0 Å². The molecule has 31 heavy (non-hydrogen) atoms. The summed E-state index contributed by atoms with van der Waals surface area (Å²) >= 11 is 0. The van der Waals surface area contributed by atoms with Gasteiger partial charge in [0.1, 0.15) is 5.75 Å². The zero-order valence-electron chi connectivity index (χ0n) is 17.1. The van der Waals surface area contributed by atoms with Gasteiger partial charge in [0.25, 0.3) is 0 Å². The quantitative estimate of drug-likeness (QED) is 0.417. The van der Waals surface area contributed by atoms with Crippen molar-refractivity contribution in [2.75, 3.05) is 6.54 Å². The van der Waals surface area contributed by atoms with Crippen LogP contribution in [-0.2, 0) is 19.6 Å². The standard InChI is InChI=1S/C22H24F3N5O/c1-2-27-21(29-14-19-5-3-4-6-20(19)31-22(23,24)25)28-13-17-7-9-18(10-8-17)15-30-12-11-26-16-30/h3-12,16H,2,13-15H2,1H3,(H2,27,28,29). The lowest BCUT2D eigenvalue weighted by Crippen LogP contribution is -2.37. The summed E-state index contributed by atoms with van der Waals surface area (Å²) in [6.45, 7) is 3.86. The second kappa shape index (κ2) is 10.5. The van der Waals surface area contributed by atoms with E-state index in [1.807, 2.05) is 42.0 Å². The van der Waals surface area contributed by atoms with Crippen LogP contribution in [0.5, 0.6) is 5.75 Å². The molecule has 3 aromatic rings. The molecule has 0 fully saturated rings. The highest BCUT2D eigenvalue weighted by molar-refractivity contribution is 5.79. The minimum Gasteiger partial charge on any atom is -0.405 e. The smallest absolute Gasteiger partial charge is 0.405 e. The van der Waals surface area contributed by atoms with Gasteiger partial charge in [-0.15, -0.1) is 13.2 Å². The number of aromatic nitrogens is 2. The summed E-state index contributed by atoms with van der Waals surface area (Å²) < 4.78 is 43.9. The summed E-state index contributed by atoms with van der Waals surface area (Å²) in [7, 11) is 0. The van der Waals surface area contributed by atoms with E-state index in [1.54, 1.807) is 24.7 Å². The van der Waals surface area contributed by atoms with E-state index in [-0.39, 0.29) is 12.3 Å². The number of hydrogen-bond acceptors (Lipinski definition) is 3. The van der Waals surface area contributed by atoms with Crippen molar-refractivity contribution in [3.05, 3.63) is 83.9 Å². The fraction of sp³-hybridized carbons (Fsp3) is 0.273. The van der Waals surface area contributed by atoms with Crippen LogP contribution >= 0.6 is 0 Å². The molecule has 0 aliphatic heterocycles. The molecule has 9 heteroatoms. The molecule has 0 amide bonds. The van der Waals surface area contributed by atoms with Crippen LogP contribution in [0.4, 0.5) is 13.2 Å². The van der Waals surface area contributed by atoms with Crippen molar-refractivity contribution in [3.8, 4) is 5.75 Å². The fourth-order valence-electron chi connectivity index (χ4n) is 2.91. The number of nitrogens with one attached hydrogen (secondary N) is 2. The Hall–Kier alpha value is -3.49. The lowest BCUT2D eigenvalue weighted by Gasteiger charge is -2.15. The molecule has 1 heterocycles. The highest BCUT2D eigenvalue weighted by Crippen LogP contribution is 2.26. The monoisotopic (exact) mass is 431 g/mol. The lowest BCUT2D eigenvalue weighted by molar-refractivity contribution is -0.274. The van der Waals surface area contributed by atoms with E-state index < -0.39 is 6.36 Å². The second-order valence-electron chi connectivity index (χ2n) is 6.76. The molecule has 0 unspecified atom stereocenters. The van der Waals surface area contributed by atoms with Gasteiger partial charge in [0.15, 0.2) is 5.96 Å². The number of alkyl halides is 3. The number of halogens is 3. The number of aliphatic imine (C=N–C) groups is 1. The number of nitrogens with zero attached hydrogens (tertiary/aromatic N) is 3. The Bertz CT molecular complexity index is 970. The third-order valence-corrected chi connectivity index (χ3v) is 4.36. The molecule has 0 aliphatic rings. The van der Waals surface area contributed by atoms with Crippen LogP contribution in [0.15, 0.2) is 72.2 Å². The van der Waals surface area contributed by atoms with Gasteiger partial charge in [-0.25, -0.2) is 9.98 Å². The Balaban J connectivity index is 1.60. The summed E-state index contributed by atoms with van der Waals surface area (Å²) in [4.78, 5) is 8.56. The van der Waals surface area contributed by atoms with Gasteiger partial charge in [-0.1, -0.05) is 42.5 Å². The largest absolute Gasteiger partial charge is 0.573 e. The summed E-state index contributed by atoms with van der Waals surface area (Å²) in [5.41, 5.74) is 2.55. The Kier molecular flexibility index (Phi) is 7.53. The molecular formula is C22H24F3N5O. The highest BCUT2D eigenvalue weighted by atomic mass is 19.4. The van der Waals surface area contributed by atoms with E-state index in [1.165, 1.54) is 12.1 Å². The Morgan fingerprint density at radius 1 is 1.06 bits per heavy atom. The van der Waals surface area contributed by atoms with Gasteiger partial charge < -0.3 is 19.9 Å². The maximum atomic E-state index is 12.6. The summed E-state index contributed by atoms with van der Waals surface area (Å²) in [6, 6.07) is 14.1. The fourth-order valence-corrected chi connectivity index (χ4v) is 2.91. The molecule has 0 aliphatic carbocycles. The van der Waals surface area contributed by atoms with Gasteiger partial charge in [0.05, 0.1) is 12.9 Å². The zero-order valence-corrected chi connectivity index (χ0v) is 17.1. The van der Waals surface area contributed by atoms with Crippen molar-refractivity contribution in [2.24, 2.45) is 4.99 Å². The molecule has 0 saturated carbocycles. The first kappa shape index (κ1) is 22.2. The van der Waals surface area contributed by atoms with Gasteiger partial charge in [0, 0.05) is 37.6 Å². The van der Waals surface area contributed by atoms with E-state index >= 15 is 0 Å². The van der Waals surface area contributed by atoms with Crippen molar-refractivity contribution in [3.63, 3.8) is 0 Å². The maximum Gasteiger partial charge on any atom is 0.573 e. The molecule has 6 nitrogen and oxygen atoms in total. The summed E-state index contributed by atoms with van der Waals surface area (Å²) in [5.74, 6) is 0.277. The maximum absolute atomic E-state index is 12.6. The van der Waals surface area contributed by atoms with E-state index in [2.05, 4.69) is 25.3 Å². The van der Waals surface area contributed by atoms with Crippen molar-refractivity contribution in [1.82, 2.24) is 20.2 Å². The Morgan fingerprint density at radius 2 is 1.81 bits per heavy atom. The summed E-state index contributed by atoms with van der Waals surface area (Å²) in [5, 5.41) is 6.15. The van der Waals surface area contributed by atoms with Crippen molar-refractivity contribution in [1.29, 1.82) is 0 Å². The predicted molar refractivity (Wildman–Crippen MR) is 113 cm³/mol. The molecule has 0 bridgehead atoms. The topological polar surface area (TPSA) is 63.5 Å². The van der Waals surface area contributed by atoms with Crippen LogP contribution in [0.25, 0.3) is 0 Å². The van der Waals surface area contributed by atoms with Crippen molar-refractivity contribution >= 4 is 5.96 Å². The minimum atomic E-state index is -4.74. The third kappa shape index (κ3) is 7.36. The van der Waals surface area contributed by atoms with Crippen LogP contribution in [0.2, 0.25) is 0 Å². The third-order valence-electron chi connectivity index (χ3n) is 4.36. The van der Waals surface area contributed by atoms with Gasteiger partial charge in [-0.2, -0.15) is 0 Å². The van der Waals surface area contributed by atoms with Crippen LogP contribution in [0, 0.1) is 0 Å². The number of ether oxygens (including phenoxy) is 1. The van der Waals surface area contributed by atoms with Gasteiger partial charge in [-0.3, -0.25) is 0 Å². The number of benzene rings is 2. The van der Waals surface area contributed by atoms with Crippen LogP contribution < -0.4 is 15.4 Å². The second-order valence-corrected chi connectivity index (χ2v) is 6.76. The predicted octanol–water partition coefficient (Wildman–Crippen LogP) is 4.09. The molecule has 0 atom stereocenters. The molecule has 0 spiro atoms. The molecule has 1 aromatic heterocycles. The Labute approximate surface area is 178 Å². The normalized spacial score (nSPS) is 11.9. The first-order valence-electron chi connectivity index (χ1n) is 9.82. The number of rotatable bonds is 8. The molecule has 3 rings (SSSR count). The molecule has 2 aromatic carbocycles. The van der Waals surface area contributed by atoms with Gasteiger partial charge in [0.2, 0.25) is 0 Å². The molecule has 0 radical (unpaired) electrons. The average Bonchev–Trinajstić information content (AvgIpc) is 3.24. The number of imidazole rings is 1. The van der Waals surface area contributed by atoms with Crippen molar-refractivity contribution in [2.45, 2.75) is 32.9 Å². The summed E-state index contributed by atoms with van der Waals surface area (Å²) in [6.07, 6.45) is 0.680. The lowest BCUT2D eigenvalue weighted by atomic mass is 10.1. The zero-order chi connectivity index (χ0) is 22.1. The number of guanidine groups is 1. The van der Waals surface area contributed by atoms with Crippen LogP contribution in [-0.4, -0.2) is 28.4 Å². The SMILES string of the molecule is CCNC(=NCc1ccc(Cn2ccnc2)cc1)NCc1ccccc1OC(F)(F)F. The Morgan fingerprint density at radius 3 is 2.48 bits per heavy atom. The highest BCUT2D eigenvalue weighted by Gasteiger charge is 2.31. The average molecular weight is 431 g/mol. The van der Waals surface area contributed by atoms with Crippen LogP contribution in [0.1, 0.15) is 23.6 Å². The van der Waals surface area contributed by atoms with E-state index in [9.17, 15) is 13.2 Å². The first-order chi connectivity index (χ1) is 14.9. The molecular weight excluding hydrogens is 407 g/mol. The van der Waals surface area contributed by atoms with Gasteiger partial charge in [-0.05, 0) is 24.1 Å². The molecule has 2 N–H and O–H groups in total. The molecule has 0 saturated heterocycles. The van der Waals surface area contributed by atoms with Crippen LogP contribution in [0.3, 0.4) is 0 Å². The molecule has 164 valence electrons. The number of hydrogen-bond donors (Lipinski definition) is 2. The number of para-hydroxylation sites is 1. The van der Waals surface area contributed by atoms with Gasteiger partial charge >= 0.3 is 6.36 Å². The van der Waals surface area contributed by atoms with E-state index in [0.717, 1.165) is 17.7 Å². The van der Waals surface area contributed by atoms with E-state index in [0.29, 0.717) is 24.6 Å².